The Morgan fingerprint density at radius 1 is 1.00 bits per heavy atom. The number of aryl methyl sites for hydroxylation is 1. The van der Waals surface area contributed by atoms with Crippen LogP contribution in [-0.2, 0) is 21.2 Å². The van der Waals surface area contributed by atoms with Crippen LogP contribution in [0.25, 0.3) is 0 Å². The molecular weight excluding hydrogens is 372 g/mol. The molecule has 2 aliphatic rings. The van der Waals surface area contributed by atoms with Gasteiger partial charge in [-0.15, -0.1) is 0 Å². The van der Waals surface area contributed by atoms with Gasteiger partial charge < -0.3 is 5.32 Å². The summed E-state index contributed by atoms with van der Waals surface area (Å²) in [6, 6.07) is 7.39. The second kappa shape index (κ2) is 9.88. The van der Waals surface area contributed by atoms with Gasteiger partial charge in [-0.3, -0.25) is 4.79 Å². The van der Waals surface area contributed by atoms with Crippen LogP contribution in [-0.4, -0.2) is 37.8 Å². The molecule has 6 heteroatoms. The van der Waals surface area contributed by atoms with Crippen molar-refractivity contribution in [2.75, 3.05) is 13.1 Å². The van der Waals surface area contributed by atoms with Crippen molar-refractivity contribution in [3.8, 4) is 0 Å². The highest BCUT2D eigenvalue weighted by atomic mass is 32.2. The molecule has 28 heavy (non-hydrogen) atoms. The second-order valence-corrected chi connectivity index (χ2v) is 10.3. The van der Waals surface area contributed by atoms with E-state index in [-0.39, 0.29) is 5.91 Å². The van der Waals surface area contributed by atoms with Crippen molar-refractivity contribution in [3.63, 3.8) is 0 Å². The minimum absolute atomic E-state index is 0.0972. The summed E-state index contributed by atoms with van der Waals surface area (Å²) in [5.74, 6) is 0.654. The summed E-state index contributed by atoms with van der Waals surface area (Å²) >= 11 is 0. The van der Waals surface area contributed by atoms with Crippen LogP contribution in [0.4, 0.5) is 0 Å². The molecule has 2 atom stereocenters. The Bertz CT molecular complexity index is 738. The summed E-state index contributed by atoms with van der Waals surface area (Å²) in [4.78, 5) is 12.6. The predicted octanol–water partition coefficient (Wildman–Crippen LogP) is 3.88. The molecule has 1 saturated heterocycles. The Kier molecular flexibility index (Phi) is 7.52. The highest BCUT2D eigenvalue weighted by Crippen LogP contribution is 2.24. The van der Waals surface area contributed by atoms with Crippen LogP contribution < -0.4 is 5.32 Å². The van der Waals surface area contributed by atoms with Gasteiger partial charge in [-0.25, -0.2) is 8.42 Å². The maximum absolute atomic E-state index is 12.8. The number of benzene rings is 1. The molecule has 2 unspecified atom stereocenters. The van der Waals surface area contributed by atoms with Crippen LogP contribution >= 0.6 is 0 Å². The average molecular weight is 407 g/mol. The van der Waals surface area contributed by atoms with Crippen molar-refractivity contribution in [2.24, 2.45) is 5.92 Å². The van der Waals surface area contributed by atoms with Gasteiger partial charge in [0.1, 0.15) is 0 Å². The molecule has 1 heterocycles. The molecule has 3 rings (SSSR count). The number of carbonyl (C=O) groups excluding carboxylic acids is 1. The van der Waals surface area contributed by atoms with E-state index in [1.165, 1.54) is 19.3 Å². The van der Waals surface area contributed by atoms with Gasteiger partial charge in [-0.2, -0.15) is 4.31 Å². The highest BCUT2D eigenvalue weighted by Gasteiger charge is 2.25. The van der Waals surface area contributed by atoms with Gasteiger partial charge >= 0.3 is 0 Å². The first-order valence-electron chi connectivity index (χ1n) is 10.9. The number of amides is 1. The van der Waals surface area contributed by atoms with Crippen LogP contribution in [0.5, 0.6) is 0 Å². The highest BCUT2D eigenvalue weighted by molar-refractivity contribution is 7.89. The number of hydrogen-bond donors (Lipinski definition) is 1. The first-order valence-corrected chi connectivity index (χ1v) is 12.3. The summed E-state index contributed by atoms with van der Waals surface area (Å²) < 4.78 is 27.3. The molecule has 5 nitrogen and oxygen atoms in total. The first-order chi connectivity index (χ1) is 13.5. The monoisotopic (exact) mass is 406 g/mol. The Morgan fingerprint density at radius 3 is 2.29 bits per heavy atom. The fourth-order valence-electron chi connectivity index (χ4n) is 4.33. The molecule has 156 valence electrons. The van der Waals surface area contributed by atoms with Crippen LogP contribution in [0.1, 0.15) is 70.3 Å². The lowest BCUT2D eigenvalue weighted by Crippen LogP contribution is -2.41. The number of nitrogens with zero attached hydrogens (tertiary/aromatic N) is 1. The fraction of sp³-hybridized carbons (Fsp3) is 0.682. The van der Waals surface area contributed by atoms with Crippen molar-refractivity contribution in [3.05, 3.63) is 29.8 Å². The Hall–Kier alpha value is -1.40. The average Bonchev–Trinajstić information content (AvgIpc) is 2.99. The minimum Gasteiger partial charge on any atom is -0.353 e. The number of sulfonamides is 1. The van der Waals surface area contributed by atoms with Crippen molar-refractivity contribution < 1.29 is 13.2 Å². The van der Waals surface area contributed by atoms with E-state index in [1.807, 2.05) is 12.1 Å². The standard InChI is InChI=1S/C22H34N2O3S/c1-18-8-4-5-9-21(18)23-22(25)15-12-19-10-13-20(14-11-19)28(26,27)24-16-6-2-3-7-17-24/h10-11,13-14,18,21H,2-9,12,15-17H2,1H3,(H,23,25). The Balaban J connectivity index is 1.53. The molecule has 1 N–H and O–H groups in total. The summed E-state index contributed by atoms with van der Waals surface area (Å²) in [5.41, 5.74) is 1.00. The van der Waals surface area contributed by atoms with Crippen molar-refractivity contribution in [1.29, 1.82) is 0 Å². The van der Waals surface area contributed by atoms with Gasteiger partial charge in [0.25, 0.3) is 0 Å². The Morgan fingerprint density at radius 2 is 1.64 bits per heavy atom. The van der Waals surface area contributed by atoms with Crippen molar-refractivity contribution >= 4 is 15.9 Å². The molecule has 1 saturated carbocycles. The molecule has 1 aliphatic carbocycles. The maximum Gasteiger partial charge on any atom is 0.243 e. The molecule has 1 aliphatic heterocycles. The van der Waals surface area contributed by atoms with Crippen LogP contribution in [0.15, 0.2) is 29.2 Å². The summed E-state index contributed by atoms with van der Waals surface area (Å²) in [5, 5.41) is 3.18. The van der Waals surface area contributed by atoms with E-state index in [0.717, 1.165) is 37.7 Å². The quantitative estimate of drug-likeness (QED) is 0.780. The van der Waals surface area contributed by atoms with Crippen LogP contribution in [0.2, 0.25) is 0 Å². The number of hydrogen-bond acceptors (Lipinski definition) is 3. The molecule has 1 aromatic rings. The molecule has 0 radical (unpaired) electrons. The van der Waals surface area contributed by atoms with E-state index < -0.39 is 10.0 Å². The molecule has 1 amide bonds. The second-order valence-electron chi connectivity index (χ2n) is 8.40. The summed E-state index contributed by atoms with van der Waals surface area (Å²) in [6.45, 7) is 3.45. The van der Waals surface area contributed by atoms with E-state index in [0.29, 0.717) is 42.8 Å². The SMILES string of the molecule is CC1CCCCC1NC(=O)CCc1ccc(S(=O)(=O)N2CCCCCC2)cc1. The molecule has 0 bridgehead atoms. The maximum atomic E-state index is 12.8. The van der Waals surface area contributed by atoms with Gasteiger partial charge in [0, 0.05) is 25.6 Å². The zero-order valence-electron chi connectivity index (χ0n) is 17.0. The normalized spacial score (nSPS) is 24.5. The van der Waals surface area contributed by atoms with E-state index in [1.54, 1.807) is 16.4 Å². The van der Waals surface area contributed by atoms with E-state index in [2.05, 4.69) is 12.2 Å². The van der Waals surface area contributed by atoms with Gasteiger partial charge in [-0.05, 0) is 55.7 Å². The molecule has 0 spiro atoms. The van der Waals surface area contributed by atoms with Crippen LogP contribution in [0.3, 0.4) is 0 Å². The lowest BCUT2D eigenvalue weighted by molar-refractivity contribution is -0.122. The summed E-state index contributed by atoms with van der Waals surface area (Å²) in [7, 11) is -3.40. The first kappa shape index (κ1) is 21.3. The molecule has 0 aromatic heterocycles. The van der Waals surface area contributed by atoms with Gasteiger partial charge in [0.05, 0.1) is 4.90 Å². The third kappa shape index (κ3) is 5.57. The van der Waals surface area contributed by atoms with Gasteiger partial charge in [0.2, 0.25) is 15.9 Å². The predicted molar refractivity (Wildman–Crippen MR) is 112 cm³/mol. The minimum atomic E-state index is -3.40. The lowest BCUT2D eigenvalue weighted by Gasteiger charge is -2.29. The lowest BCUT2D eigenvalue weighted by atomic mass is 9.86. The number of rotatable bonds is 6. The number of carbonyl (C=O) groups is 1. The van der Waals surface area contributed by atoms with E-state index >= 15 is 0 Å². The third-order valence-electron chi connectivity index (χ3n) is 6.22. The zero-order valence-corrected chi connectivity index (χ0v) is 17.8. The van der Waals surface area contributed by atoms with Gasteiger partial charge in [0.15, 0.2) is 0 Å². The molecule has 1 aromatic carbocycles. The number of nitrogens with one attached hydrogen (secondary N) is 1. The van der Waals surface area contributed by atoms with Crippen molar-refractivity contribution in [2.45, 2.75) is 82.1 Å². The van der Waals surface area contributed by atoms with Gasteiger partial charge in [-0.1, -0.05) is 44.7 Å². The fourth-order valence-corrected chi connectivity index (χ4v) is 5.84. The molecular formula is C22H34N2O3S. The topological polar surface area (TPSA) is 66.5 Å². The van der Waals surface area contributed by atoms with E-state index in [4.69, 9.17) is 0 Å². The zero-order chi connectivity index (χ0) is 20.0. The van der Waals surface area contributed by atoms with Crippen molar-refractivity contribution in [1.82, 2.24) is 9.62 Å². The largest absolute Gasteiger partial charge is 0.353 e. The smallest absolute Gasteiger partial charge is 0.243 e. The molecule has 2 fully saturated rings. The third-order valence-corrected chi connectivity index (χ3v) is 8.14. The summed E-state index contributed by atoms with van der Waals surface area (Å²) in [6.07, 6.45) is 9.89. The van der Waals surface area contributed by atoms with Crippen LogP contribution in [0, 0.1) is 5.92 Å². The Labute approximate surface area is 169 Å². The van der Waals surface area contributed by atoms with E-state index in [9.17, 15) is 13.2 Å².